The smallest absolute Gasteiger partial charge is 0.170 e. The number of hydrogen-bond acceptors (Lipinski definition) is 3. The molecule has 64 valence electrons. The molecule has 12 heavy (non-hydrogen) atoms. The molecule has 0 fully saturated rings. The molecular weight excluding hydrogens is 154 g/mol. The molecule has 0 bridgehead atoms. The summed E-state index contributed by atoms with van der Waals surface area (Å²) in [6.07, 6.45) is 0. The summed E-state index contributed by atoms with van der Waals surface area (Å²) in [6, 6.07) is 8.12. The number of benzene rings is 1. The van der Waals surface area contributed by atoms with Crippen molar-refractivity contribution in [1.29, 1.82) is 0 Å². The molecule has 3 heteroatoms. The van der Waals surface area contributed by atoms with Crippen LogP contribution in [-0.4, -0.2) is 13.7 Å². The van der Waals surface area contributed by atoms with E-state index in [1.165, 1.54) is 0 Å². The minimum Gasteiger partial charge on any atom is -0.337 e. The van der Waals surface area contributed by atoms with Crippen LogP contribution in [0.2, 0.25) is 0 Å². The van der Waals surface area contributed by atoms with Crippen LogP contribution < -0.4 is 10.2 Å². The Morgan fingerprint density at radius 1 is 1.42 bits per heavy atom. The standard InChI is InChI=1S/C9H11NO2/c1-10-8-6-11-12-9-5-3-2-4-7(8)9/h2-5,8,10H,6H2,1H3. The summed E-state index contributed by atoms with van der Waals surface area (Å²) >= 11 is 0. The quantitative estimate of drug-likeness (QED) is 0.636. The molecule has 1 aromatic carbocycles. The van der Waals surface area contributed by atoms with Gasteiger partial charge in [-0.1, -0.05) is 18.2 Å². The molecule has 0 saturated heterocycles. The second kappa shape index (κ2) is 3.13. The van der Waals surface area contributed by atoms with Crippen LogP contribution >= 0.6 is 0 Å². The van der Waals surface area contributed by atoms with Gasteiger partial charge in [-0.15, -0.1) is 0 Å². The van der Waals surface area contributed by atoms with E-state index in [2.05, 4.69) is 5.32 Å². The number of hydrogen-bond donors (Lipinski definition) is 1. The van der Waals surface area contributed by atoms with Gasteiger partial charge in [0, 0.05) is 5.56 Å². The monoisotopic (exact) mass is 165 g/mol. The highest BCUT2D eigenvalue weighted by atomic mass is 17.2. The predicted octanol–water partition coefficient (Wildman–Crippen LogP) is 1.27. The SMILES string of the molecule is CNC1COOc2ccccc21. The highest BCUT2D eigenvalue weighted by Crippen LogP contribution is 2.28. The van der Waals surface area contributed by atoms with Crippen LogP contribution in [0.15, 0.2) is 24.3 Å². The van der Waals surface area contributed by atoms with Crippen LogP contribution in [-0.2, 0) is 4.89 Å². The molecule has 0 aromatic heterocycles. The average Bonchev–Trinajstić information content (AvgIpc) is 2.17. The highest BCUT2D eigenvalue weighted by molar-refractivity contribution is 5.36. The lowest BCUT2D eigenvalue weighted by atomic mass is 10.1. The van der Waals surface area contributed by atoms with Gasteiger partial charge >= 0.3 is 0 Å². The lowest BCUT2D eigenvalue weighted by Crippen LogP contribution is -2.26. The van der Waals surface area contributed by atoms with E-state index in [4.69, 9.17) is 9.78 Å². The van der Waals surface area contributed by atoms with Gasteiger partial charge in [0.25, 0.3) is 0 Å². The third kappa shape index (κ3) is 1.17. The van der Waals surface area contributed by atoms with Crippen molar-refractivity contribution in [2.45, 2.75) is 6.04 Å². The van der Waals surface area contributed by atoms with Crippen LogP contribution in [0.3, 0.4) is 0 Å². The van der Waals surface area contributed by atoms with Crippen molar-refractivity contribution in [2.24, 2.45) is 0 Å². The maximum absolute atomic E-state index is 5.02. The Bertz CT molecular complexity index is 275. The largest absolute Gasteiger partial charge is 0.337 e. The maximum Gasteiger partial charge on any atom is 0.170 e. The summed E-state index contributed by atoms with van der Waals surface area (Å²) in [5, 5.41) is 3.16. The Morgan fingerprint density at radius 2 is 2.25 bits per heavy atom. The van der Waals surface area contributed by atoms with Crippen molar-refractivity contribution in [3.63, 3.8) is 0 Å². The first-order chi connectivity index (χ1) is 5.92. The van der Waals surface area contributed by atoms with Gasteiger partial charge in [0.1, 0.15) is 6.61 Å². The van der Waals surface area contributed by atoms with Crippen molar-refractivity contribution >= 4 is 0 Å². The number of fused-ring (bicyclic) bond motifs is 1. The third-order valence-electron chi connectivity index (χ3n) is 2.03. The fourth-order valence-corrected chi connectivity index (χ4v) is 1.34. The minimum absolute atomic E-state index is 0.245. The van der Waals surface area contributed by atoms with Gasteiger partial charge in [0.05, 0.1) is 6.04 Å². The molecule has 1 N–H and O–H groups in total. The summed E-state index contributed by atoms with van der Waals surface area (Å²) in [4.78, 5) is 9.95. The number of rotatable bonds is 1. The van der Waals surface area contributed by atoms with E-state index in [1.807, 2.05) is 31.3 Å². The Kier molecular flexibility index (Phi) is 1.98. The van der Waals surface area contributed by atoms with Crippen LogP contribution in [0.4, 0.5) is 0 Å². The molecule has 0 amide bonds. The van der Waals surface area contributed by atoms with Crippen LogP contribution in [0.1, 0.15) is 11.6 Å². The van der Waals surface area contributed by atoms with E-state index in [-0.39, 0.29) is 6.04 Å². The molecule has 2 rings (SSSR count). The minimum atomic E-state index is 0.245. The number of para-hydroxylation sites is 1. The Balaban J connectivity index is 2.37. The van der Waals surface area contributed by atoms with Gasteiger partial charge < -0.3 is 10.2 Å². The molecule has 0 aliphatic carbocycles. The second-order valence-electron chi connectivity index (χ2n) is 2.75. The molecule has 3 nitrogen and oxygen atoms in total. The lowest BCUT2D eigenvalue weighted by molar-refractivity contribution is -0.223. The van der Waals surface area contributed by atoms with E-state index in [9.17, 15) is 0 Å². The molecule has 0 radical (unpaired) electrons. The molecule has 1 atom stereocenters. The Morgan fingerprint density at radius 3 is 3.08 bits per heavy atom. The predicted molar refractivity (Wildman–Crippen MR) is 44.8 cm³/mol. The first-order valence-electron chi connectivity index (χ1n) is 3.97. The van der Waals surface area contributed by atoms with Gasteiger partial charge in [-0.25, -0.2) is 0 Å². The summed E-state index contributed by atoms with van der Waals surface area (Å²) in [5.74, 6) is 0.808. The van der Waals surface area contributed by atoms with Crippen molar-refractivity contribution in [3.8, 4) is 5.75 Å². The first-order valence-corrected chi connectivity index (χ1v) is 3.97. The van der Waals surface area contributed by atoms with Crippen molar-refractivity contribution in [2.75, 3.05) is 13.7 Å². The molecule has 1 aromatic rings. The summed E-state index contributed by atoms with van der Waals surface area (Å²) < 4.78 is 0. The summed E-state index contributed by atoms with van der Waals surface area (Å²) in [5.41, 5.74) is 1.16. The number of likely N-dealkylation sites (N-methyl/N-ethyl adjacent to an activating group) is 1. The third-order valence-corrected chi connectivity index (χ3v) is 2.03. The van der Waals surface area contributed by atoms with Crippen LogP contribution in [0.5, 0.6) is 5.75 Å². The molecule has 0 saturated carbocycles. The zero-order valence-electron chi connectivity index (χ0n) is 6.91. The Hall–Kier alpha value is -1.06. The maximum atomic E-state index is 5.02. The average molecular weight is 165 g/mol. The van der Waals surface area contributed by atoms with Crippen molar-refractivity contribution in [3.05, 3.63) is 29.8 Å². The van der Waals surface area contributed by atoms with Gasteiger partial charge in [0.2, 0.25) is 0 Å². The summed E-state index contributed by atoms with van der Waals surface area (Å²) in [7, 11) is 1.91. The fourth-order valence-electron chi connectivity index (χ4n) is 1.34. The zero-order valence-corrected chi connectivity index (χ0v) is 6.91. The fraction of sp³-hybridized carbons (Fsp3) is 0.333. The topological polar surface area (TPSA) is 30.5 Å². The van der Waals surface area contributed by atoms with E-state index < -0.39 is 0 Å². The molecule has 1 heterocycles. The zero-order chi connectivity index (χ0) is 8.39. The van der Waals surface area contributed by atoms with Gasteiger partial charge in [-0.05, 0) is 13.1 Å². The van der Waals surface area contributed by atoms with Crippen LogP contribution in [0, 0.1) is 0 Å². The lowest BCUT2D eigenvalue weighted by Gasteiger charge is -2.23. The van der Waals surface area contributed by atoms with Gasteiger partial charge in [-0.2, -0.15) is 4.89 Å². The van der Waals surface area contributed by atoms with Gasteiger partial charge in [0.15, 0.2) is 5.75 Å². The highest BCUT2D eigenvalue weighted by Gasteiger charge is 2.20. The molecule has 1 unspecified atom stereocenters. The van der Waals surface area contributed by atoms with Gasteiger partial charge in [-0.3, -0.25) is 0 Å². The van der Waals surface area contributed by atoms with Crippen molar-refractivity contribution in [1.82, 2.24) is 5.32 Å². The second-order valence-corrected chi connectivity index (χ2v) is 2.75. The van der Waals surface area contributed by atoms with E-state index in [0.717, 1.165) is 11.3 Å². The molecular formula is C9H11NO2. The summed E-state index contributed by atoms with van der Waals surface area (Å²) in [6.45, 7) is 0.563. The van der Waals surface area contributed by atoms with E-state index in [1.54, 1.807) is 0 Å². The normalized spacial score (nSPS) is 21.2. The molecule has 1 aliphatic rings. The Labute approximate surface area is 71.2 Å². The molecule has 0 spiro atoms. The first kappa shape index (κ1) is 7.58. The number of nitrogens with one attached hydrogen (secondary N) is 1. The van der Waals surface area contributed by atoms with Crippen LogP contribution in [0.25, 0.3) is 0 Å². The van der Waals surface area contributed by atoms with Crippen molar-refractivity contribution < 1.29 is 9.78 Å². The van der Waals surface area contributed by atoms with E-state index in [0.29, 0.717) is 6.61 Å². The molecule has 1 aliphatic heterocycles. The van der Waals surface area contributed by atoms with E-state index >= 15 is 0 Å².